The van der Waals surface area contributed by atoms with Gasteiger partial charge >= 0.3 is 6.03 Å². The van der Waals surface area contributed by atoms with Gasteiger partial charge in [0, 0.05) is 12.8 Å². The average molecular weight is 285 g/mol. The third kappa shape index (κ3) is 3.25. The van der Waals surface area contributed by atoms with Gasteiger partial charge in [0.1, 0.15) is 11.9 Å². The maximum atomic E-state index is 11.5. The molecule has 1 atom stereocenters. The zero-order valence-corrected chi connectivity index (χ0v) is 11.3. The quantitative estimate of drug-likeness (QED) is 0.690. The molecule has 0 bridgehead atoms. The van der Waals surface area contributed by atoms with Crippen LogP contribution in [-0.4, -0.2) is 33.2 Å². The number of urea groups is 1. The van der Waals surface area contributed by atoms with Crippen molar-refractivity contribution >= 4 is 11.9 Å². The van der Waals surface area contributed by atoms with Gasteiger partial charge in [-0.25, -0.2) is 9.78 Å². The molecular formula is C14H15N5O2. The Morgan fingerprint density at radius 2 is 1.90 bits per heavy atom. The van der Waals surface area contributed by atoms with Crippen molar-refractivity contribution in [3.63, 3.8) is 0 Å². The first kappa shape index (κ1) is 13.3. The zero-order valence-electron chi connectivity index (χ0n) is 11.3. The van der Waals surface area contributed by atoms with E-state index in [-0.39, 0.29) is 5.91 Å². The van der Waals surface area contributed by atoms with Crippen LogP contribution in [0, 0.1) is 0 Å². The number of aryl methyl sites for hydroxylation is 2. The second-order valence-corrected chi connectivity index (χ2v) is 4.90. The molecule has 3 amide bonds. The van der Waals surface area contributed by atoms with Gasteiger partial charge in [-0.1, -0.05) is 30.3 Å². The first-order valence-corrected chi connectivity index (χ1v) is 6.76. The van der Waals surface area contributed by atoms with E-state index in [0.29, 0.717) is 18.1 Å². The highest BCUT2D eigenvalue weighted by Gasteiger charge is 2.30. The molecule has 1 aromatic carbocycles. The molecule has 0 radical (unpaired) electrons. The number of imide groups is 1. The molecule has 7 heteroatoms. The van der Waals surface area contributed by atoms with E-state index in [4.69, 9.17) is 0 Å². The van der Waals surface area contributed by atoms with Crippen LogP contribution in [-0.2, 0) is 24.1 Å². The molecule has 0 saturated carbocycles. The molecule has 2 heterocycles. The Kier molecular flexibility index (Phi) is 3.63. The van der Waals surface area contributed by atoms with E-state index in [1.165, 1.54) is 5.56 Å². The van der Waals surface area contributed by atoms with Gasteiger partial charge in [0.2, 0.25) is 0 Å². The van der Waals surface area contributed by atoms with Crippen molar-refractivity contribution in [2.24, 2.45) is 0 Å². The van der Waals surface area contributed by atoms with Gasteiger partial charge in [-0.3, -0.25) is 15.2 Å². The van der Waals surface area contributed by atoms with E-state index in [0.717, 1.165) is 12.8 Å². The number of nitrogens with zero attached hydrogens (tertiary/aromatic N) is 2. The lowest BCUT2D eigenvalue weighted by molar-refractivity contribution is -0.120. The molecule has 1 fully saturated rings. The standard InChI is InChI=1S/C14H15N5O2/c20-13-10(15-14(21)17-13)8-12-16-11(18-19-12)7-6-9-4-2-1-3-5-9/h1-5,10H,6-8H2,(H,16,18,19)(H2,15,17,20,21). The fourth-order valence-corrected chi connectivity index (χ4v) is 2.23. The van der Waals surface area contributed by atoms with Crippen molar-refractivity contribution < 1.29 is 9.59 Å². The minimum atomic E-state index is -0.576. The van der Waals surface area contributed by atoms with Crippen molar-refractivity contribution in [2.45, 2.75) is 25.3 Å². The molecule has 3 N–H and O–H groups in total. The molecule has 2 aromatic rings. The average Bonchev–Trinajstić information content (AvgIpc) is 3.05. The lowest BCUT2D eigenvalue weighted by atomic mass is 10.1. The lowest BCUT2D eigenvalue weighted by Gasteiger charge is -2.02. The van der Waals surface area contributed by atoms with Crippen molar-refractivity contribution in [2.75, 3.05) is 0 Å². The molecule has 1 saturated heterocycles. The largest absolute Gasteiger partial charge is 0.326 e. The van der Waals surface area contributed by atoms with Crippen LogP contribution in [0.3, 0.4) is 0 Å². The summed E-state index contributed by atoms with van der Waals surface area (Å²) in [7, 11) is 0. The molecule has 1 unspecified atom stereocenters. The Bertz CT molecular complexity index is 652. The predicted octanol–water partition coefficient (Wildman–Crippen LogP) is 0.340. The van der Waals surface area contributed by atoms with Crippen molar-refractivity contribution in [3.05, 3.63) is 47.5 Å². The summed E-state index contributed by atoms with van der Waals surface area (Å²) in [5.41, 5.74) is 1.23. The third-order valence-electron chi connectivity index (χ3n) is 3.31. The molecule has 1 aliphatic heterocycles. The summed E-state index contributed by atoms with van der Waals surface area (Å²) in [6, 6.07) is 9.06. The number of hydrogen-bond acceptors (Lipinski definition) is 4. The normalized spacial score (nSPS) is 17.6. The molecule has 3 rings (SSSR count). The number of nitrogens with one attached hydrogen (secondary N) is 3. The van der Waals surface area contributed by atoms with E-state index < -0.39 is 12.1 Å². The Morgan fingerprint density at radius 1 is 1.10 bits per heavy atom. The molecule has 0 aliphatic carbocycles. The summed E-state index contributed by atoms with van der Waals surface area (Å²) in [6.45, 7) is 0. The van der Waals surface area contributed by atoms with Crippen LogP contribution in [0.4, 0.5) is 4.79 Å². The monoisotopic (exact) mass is 285 g/mol. The number of carbonyl (C=O) groups is 2. The van der Waals surface area contributed by atoms with Crippen LogP contribution in [0.5, 0.6) is 0 Å². The van der Waals surface area contributed by atoms with Crippen LogP contribution in [0.2, 0.25) is 0 Å². The number of aromatic nitrogens is 3. The minimum absolute atomic E-state index is 0.315. The van der Waals surface area contributed by atoms with E-state index in [1.807, 2.05) is 18.2 Å². The lowest BCUT2D eigenvalue weighted by Crippen LogP contribution is -2.31. The first-order chi connectivity index (χ1) is 10.2. The Labute approximate surface area is 121 Å². The molecule has 7 nitrogen and oxygen atoms in total. The number of hydrogen-bond donors (Lipinski definition) is 3. The number of aromatic amines is 1. The number of benzene rings is 1. The number of amides is 3. The summed E-state index contributed by atoms with van der Waals surface area (Å²) in [5.74, 6) is 0.973. The smallest absolute Gasteiger partial charge is 0.322 e. The Balaban J connectivity index is 1.56. The second-order valence-electron chi connectivity index (χ2n) is 4.90. The van der Waals surface area contributed by atoms with Gasteiger partial charge in [0.15, 0.2) is 5.82 Å². The zero-order chi connectivity index (χ0) is 14.7. The fraction of sp³-hybridized carbons (Fsp3) is 0.286. The molecule has 1 aromatic heterocycles. The van der Waals surface area contributed by atoms with Gasteiger partial charge in [-0.15, -0.1) is 0 Å². The number of H-pyrrole nitrogens is 1. The minimum Gasteiger partial charge on any atom is -0.326 e. The first-order valence-electron chi connectivity index (χ1n) is 6.76. The van der Waals surface area contributed by atoms with Crippen LogP contribution in [0.15, 0.2) is 30.3 Å². The highest BCUT2D eigenvalue weighted by Crippen LogP contribution is 2.06. The topological polar surface area (TPSA) is 99.8 Å². The summed E-state index contributed by atoms with van der Waals surface area (Å²) < 4.78 is 0. The van der Waals surface area contributed by atoms with E-state index in [1.54, 1.807) is 0 Å². The fourth-order valence-electron chi connectivity index (χ4n) is 2.23. The van der Waals surface area contributed by atoms with Crippen LogP contribution < -0.4 is 10.6 Å². The van der Waals surface area contributed by atoms with Crippen molar-refractivity contribution in [3.8, 4) is 0 Å². The summed E-state index contributed by atoms with van der Waals surface area (Å²) in [4.78, 5) is 26.8. The maximum Gasteiger partial charge on any atom is 0.322 e. The highest BCUT2D eigenvalue weighted by molar-refractivity contribution is 6.04. The third-order valence-corrected chi connectivity index (χ3v) is 3.31. The molecule has 21 heavy (non-hydrogen) atoms. The van der Waals surface area contributed by atoms with E-state index >= 15 is 0 Å². The molecular weight excluding hydrogens is 270 g/mol. The Morgan fingerprint density at radius 3 is 2.62 bits per heavy atom. The van der Waals surface area contributed by atoms with E-state index in [9.17, 15) is 9.59 Å². The molecule has 0 spiro atoms. The van der Waals surface area contributed by atoms with Crippen molar-refractivity contribution in [1.82, 2.24) is 25.8 Å². The van der Waals surface area contributed by atoms with Gasteiger partial charge in [-0.05, 0) is 12.0 Å². The summed E-state index contributed by atoms with van der Waals surface area (Å²) in [5, 5.41) is 11.7. The van der Waals surface area contributed by atoms with Gasteiger partial charge in [-0.2, -0.15) is 5.10 Å². The number of rotatable bonds is 5. The number of carbonyl (C=O) groups excluding carboxylic acids is 2. The van der Waals surface area contributed by atoms with Crippen molar-refractivity contribution in [1.29, 1.82) is 0 Å². The van der Waals surface area contributed by atoms with Gasteiger partial charge in [0.25, 0.3) is 5.91 Å². The van der Waals surface area contributed by atoms with Gasteiger partial charge in [0.05, 0.1) is 0 Å². The predicted molar refractivity (Wildman–Crippen MR) is 74.4 cm³/mol. The molecule has 108 valence electrons. The van der Waals surface area contributed by atoms with Crippen LogP contribution >= 0.6 is 0 Å². The van der Waals surface area contributed by atoms with E-state index in [2.05, 4.69) is 37.9 Å². The second kappa shape index (κ2) is 5.74. The SMILES string of the molecule is O=C1NC(=O)C(Cc2nc(CCc3ccccc3)n[nH]2)N1. The van der Waals surface area contributed by atoms with Crippen LogP contribution in [0.1, 0.15) is 17.2 Å². The highest BCUT2D eigenvalue weighted by atomic mass is 16.2. The summed E-state index contributed by atoms with van der Waals surface area (Å²) in [6.07, 6.45) is 1.90. The molecule has 1 aliphatic rings. The van der Waals surface area contributed by atoms with Gasteiger partial charge < -0.3 is 5.32 Å². The Hall–Kier alpha value is -2.70. The van der Waals surface area contributed by atoms with Crippen LogP contribution in [0.25, 0.3) is 0 Å². The summed E-state index contributed by atoms with van der Waals surface area (Å²) >= 11 is 0. The maximum absolute atomic E-state index is 11.5.